The van der Waals surface area contributed by atoms with E-state index < -0.39 is 0 Å². The average Bonchev–Trinajstić information content (AvgIpc) is 2.84. The fourth-order valence-corrected chi connectivity index (χ4v) is 2.25. The zero-order valence-corrected chi connectivity index (χ0v) is 11.3. The number of nitrogens with zero attached hydrogens (tertiary/aromatic N) is 3. The second-order valence-corrected chi connectivity index (χ2v) is 5.54. The third-order valence-electron chi connectivity index (χ3n) is 2.36. The first-order valence-electron chi connectivity index (χ1n) is 5.80. The van der Waals surface area contributed by atoms with Crippen LogP contribution in [-0.2, 0) is 13.1 Å². The molecule has 2 aromatic rings. The van der Waals surface area contributed by atoms with E-state index >= 15 is 0 Å². The van der Waals surface area contributed by atoms with E-state index in [-0.39, 0.29) is 0 Å². The smallest absolute Gasteiger partial charge is 0.203 e. The number of aryl methyl sites for hydroxylation is 1. The summed E-state index contributed by atoms with van der Waals surface area (Å²) in [5.41, 5.74) is 2.90. The van der Waals surface area contributed by atoms with Crippen molar-refractivity contribution in [1.82, 2.24) is 14.5 Å². The summed E-state index contributed by atoms with van der Waals surface area (Å²) in [6, 6.07) is 0. The van der Waals surface area contributed by atoms with E-state index in [0.717, 1.165) is 24.7 Å². The molecule has 4 nitrogen and oxygen atoms in total. The summed E-state index contributed by atoms with van der Waals surface area (Å²) in [5, 5.41) is 3.36. The van der Waals surface area contributed by atoms with Crippen LogP contribution in [0.15, 0.2) is 17.9 Å². The normalized spacial score (nSPS) is 11.1. The monoisotopic (exact) mass is 250 g/mol. The Morgan fingerprint density at radius 3 is 2.94 bits per heavy atom. The maximum absolute atomic E-state index is 4.50. The number of thiazole rings is 1. The van der Waals surface area contributed by atoms with Crippen LogP contribution in [0.2, 0.25) is 0 Å². The number of hydrogen-bond donors (Lipinski definition) is 1. The van der Waals surface area contributed by atoms with E-state index in [1.165, 1.54) is 4.88 Å². The molecule has 0 aromatic carbocycles. The van der Waals surface area contributed by atoms with Gasteiger partial charge in [0.15, 0.2) is 0 Å². The van der Waals surface area contributed by atoms with Crippen molar-refractivity contribution >= 4 is 17.3 Å². The third kappa shape index (κ3) is 3.30. The zero-order chi connectivity index (χ0) is 12.3. The number of hydrogen-bond acceptors (Lipinski definition) is 4. The highest BCUT2D eigenvalue weighted by Gasteiger charge is 2.07. The predicted octanol–water partition coefficient (Wildman–Crippen LogP) is 2.92. The molecule has 0 saturated heterocycles. The lowest BCUT2D eigenvalue weighted by Gasteiger charge is -2.10. The number of rotatable bonds is 5. The molecular weight excluding hydrogens is 232 g/mol. The number of aromatic nitrogens is 3. The summed E-state index contributed by atoms with van der Waals surface area (Å²) in [6.07, 6.45) is 3.98. The van der Waals surface area contributed by atoms with Crippen LogP contribution in [-0.4, -0.2) is 14.5 Å². The minimum absolute atomic E-state index is 0.618. The van der Waals surface area contributed by atoms with Crippen LogP contribution in [0.5, 0.6) is 0 Å². The minimum Gasteiger partial charge on any atom is -0.351 e. The summed E-state index contributed by atoms with van der Waals surface area (Å²) < 4.78 is 2.18. The molecule has 0 aliphatic carbocycles. The van der Waals surface area contributed by atoms with Crippen molar-refractivity contribution < 1.29 is 0 Å². The van der Waals surface area contributed by atoms with Gasteiger partial charge >= 0.3 is 0 Å². The molecule has 0 radical (unpaired) electrons. The van der Waals surface area contributed by atoms with Gasteiger partial charge in [-0.3, -0.25) is 4.98 Å². The summed E-state index contributed by atoms with van der Waals surface area (Å²) in [7, 11) is 0. The van der Waals surface area contributed by atoms with Crippen molar-refractivity contribution in [3.8, 4) is 0 Å². The van der Waals surface area contributed by atoms with Crippen LogP contribution < -0.4 is 5.32 Å². The molecule has 2 rings (SSSR count). The molecule has 17 heavy (non-hydrogen) atoms. The summed E-state index contributed by atoms with van der Waals surface area (Å²) >= 11 is 1.66. The van der Waals surface area contributed by atoms with Gasteiger partial charge in [-0.25, -0.2) is 4.98 Å². The Bertz CT molecular complexity index is 459. The van der Waals surface area contributed by atoms with Gasteiger partial charge < -0.3 is 9.88 Å². The zero-order valence-electron chi connectivity index (χ0n) is 10.5. The second-order valence-electron chi connectivity index (χ2n) is 4.57. The molecule has 0 spiro atoms. The van der Waals surface area contributed by atoms with Gasteiger partial charge in [-0.2, -0.15) is 0 Å². The van der Waals surface area contributed by atoms with Crippen LogP contribution in [0.4, 0.5) is 5.95 Å². The first kappa shape index (κ1) is 12.1. The van der Waals surface area contributed by atoms with Crippen LogP contribution in [0.3, 0.4) is 0 Å². The number of imidazole rings is 1. The summed E-state index contributed by atoms with van der Waals surface area (Å²) in [6.45, 7) is 8.23. The molecule has 0 fully saturated rings. The van der Waals surface area contributed by atoms with Gasteiger partial charge in [0.25, 0.3) is 0 Å². The van der Waals surface area contributed by atoms with Crippen molar-refractivity contribution in [3.05, 3.63) is 28.5 Å². The lowest BCUT2D eigenvalue weighted by molar-refractivity contribution is 0.526. The van der Waals surface area contributed by atoms with Crippen LogP contribution in [0.1, 0.15) is 24.4 Å². The second kappa shape index (κ2) is 5.31. The molecule has 0 atom stereocenters. The van der Waals surface area contributed by atoms with E-state index in [2.05, 4.69) is 39.9 Å². The van der Waals surface area contributed by atoms with E-state index in [0.29, 0.717) is 5.92 Å². The molecule has 2 heterocycles. The highest BCUT2D eigenvalue weighted by Crippen LogP contribution is 2.14. The minimum atomic E-state index is 0.618. The van der Waals surface area contributed by atoms with Crippen LogP contribution in [0.25, 0.3) is 0 Å². The first-order chi connectivity index (χ1) is 8.15. The van der Waals surface area contributed by atoms with Crippen molar-refractivity contribution in [2.45, 2.75) is 33.9 Å². The molecule has 1 N–H and O–H groups in total. The Hall–Kier alpha value is -1.36. The quantitative estimate of drug-likeness (QED) is 0.887. The van der Waals surface area contributed by atoms with Gasteiger partial charge in [0.1, 0.15) is 0 Å². The van der Waals surface area contributed by atoms with Gasteiger partial charge in [0.05, 0.1) is 17.7 Å². The van der Waals surface area contributed by atoms with E-state index in [1.54, 1.807) is 11.3 Å². The van der Waals surface area contributed by atoms with E-state index in [9.17, 15) is 0 Å². The maximum atomic E-state index is 4.50. The highest BCUT2D eigenvalue weighted by molar-refractivity contribution is 7.09. The fourth-order valence-electron chi connectivity index (χ4n) is 1.72. The Morgan fingerprint density at radius 1 is 1.47 bits per heavy atom. The van der Waals surface area contributed by atoms with Gasteiger partial charge in [-0.05, 0) is 12.8 Å². The van der Waals surface area contributed by atoms with Crippen LogP contribution in [0, 0.1) is 12.8 Å². The fraction of sp³-hybridized carbons (Fsp3) is 0.500. The summed E-state index contributed by atoms with van der Waals surface area (Å²) in [4.78, 5) is 9.78. The molecule has 0 aliphatic rings. The molecule has 0 saturated carbocycles. The number of anilines is 1. The van der Waals surface area contributed by atoms with E-state index in [4.69, 9.17) is 0 Å². The SMILES string of the molecule is Cc1cn(CC(C)C)c(NCc2cncs2)n1. The lowest BCUT2D eigenvalue weighted by Crippen LogP contribution is -2.09. The average molecular weight is 250 g/mol. The van der Waals surface area contributed by atoms with E-state index in [1.807, 2.05) is 18.6 Å². The van der Waals surface area contributed by atoms with Gasteiger partial charge in [0.2, 0.25) is 5.95 Å². The molecule has 0 unspecified atom stereocenters. The predicted molar refractivity (Wildman–Crippen MR) is 71.2 cm³/mol. The van der Waals surface area contributed by atoms with Crippen molar-refractivity contribution in [1.29, 1.82) is 0 Å². The molecule has 0 aliphatic heterocycles. The molecule has 92 valence electrons. The first-order valence-corrected chi connectivity index (χ1v) is 6.68. The van der Waals surface area contributed by atoms with Crippen molar-refractivity contribution in [3.63, 3.8) is 0 Å². The Labute approximate surface area is 106 Å². The highest BCUT2D eigenvalue weighted by atomic mass is 32.1. The maximum Gasteiger partial charge on any atom is 0.203 e. The largest absolute Gasteiger partial charge is 0.351 e. The molecule has 5 heteroatoms. The van der Waals surface area contributed by atoms with Gasteiger partial charge in [-0.15, -0.1) is 11.3 Å². The molecular formula is C12H18N4S. The van der Waals surface area contributed by atoms with Crippen LogP contribution >= 0.6 is 11.3 Å². The van der Waals surface area contributed by atoms with Crippen molar-refractivity contribution in [2.75, 3.05) is 5.32 Å². The third-order valence-corrected chi connectivity index (χ3v) is 3.14. The Balaban J connectivity index is 2.04. The van der Waals surface area contributed by atoms with Crippen molar-refractivity contribution in [2.24, 2.45) is 5.92 Å². The Morgan fingerprint density at radius 2 is 2.29 bits per heavy atom. The topological polar surface area (TPSA) is 42.7 Å². The number of nitrogens with one attached hydrogen (secondary N) is 1. The standard InChI is InChI=1S/C12H18N4S/c1-9(2)6-16-7-10(3)15-12(16)14-5-11-4-13-8-17-11/h4,7-9H,5-6H2,1-3H3,(H,14,15). The van der Waals surface area contributed by atoms with Gasteiger partial charge in [-0.1, -0.05) is 13.8 Å². The molecule has 0 amide bonds. The van der Waals surface area contributed by atoms with Gasteiger partial charge in [0, 0.05) is 23.8 Å². The lowest BCUT2D eigenvalue weighted by atomic mass is 10.2. The molecule has 2 aromatic heterocycles. The Kier molecular flexibility index (Phi) is 3.78. The summed E-state index contributed by atoms with van der Waals surface area (Å²) in [5.74, 6) is 1.57. The molecule has 0 bridgehead atoms.